The SMILES string of the molecule is CCc1cccc2c(Br)nc(C(C)C)nc12. The topological polar surface area (TPSA) is 25.8 Å². The average Bonchev–Trinajstić information content (AvgIpc) is 2.28. The molecular formula is C13H15BrN2. The third-order valence-corrected chi connectivity index (χ3v) is 3.28. The molecule has 0 atom stereocenters. The number of fused-ring (bicyclic) bond motifs is 1. The molecule has 0 bridgehead atoms. The van der Waals surface area contributed by atoms with Crippen LogP contribution in [-0.4, -0.2) is 9.97 Å². The monoisotopic (exact) mass is 278 g/mol. The Morgan fingerprint density at radius 1 is 1.25 bits per heavy atom. The second-order valence-corrected chi connectivity index (χ2v) is 4.95. The van der Waals surface area contributed by atoms with E-state index in [9.17, 15) is 0 Å². The van der Waals surface area contributed by atoms with Gasteiger partial charge >= 0.3 is 0 Å². The number of halogens is 1. The number of hydrogen-bond acceptors (Lipinski definition) is 2. The van der Waals surface area contributed by atoms with Gasteiger partial charge in [-0.3, -0.25) is 0 Å². The summed E-state index contributed by atoms with van der Waals surface area (Å²) in [7, 11) is 0. The highest BCUT2D eigenvalue weighted by Gasteiger charge is 2.10. The lowest BCUT2D eigenvalue weighted by molar-refractivity contribution is 0.778. The third kappa shape index (κ3) is 1.96. The summed E-state index contributed by atoms with van der Waals surface area (Å²) in [6.45, 7) is 6.38. The molecule has 2 nitrogen and oxygen atoms in total. The second-order valence-electron chi connectivity index (χ2n) is 4.19. The van der Waals surface area contributed by atoms with Gasteiger partial charge < -0.3 is 0 Å². The van der Waals surface area contributed by atoms with Gasteiger partial charge in [-0.25, -0.2) is 9.97 Å². The van der Waals surface area contributed by atoms with Crippen LogP contribution in [0, 0.1) is 0 Å². The Morgan fingerprint density at radius 3 is 2.62 bits per heavy atom. The van der Waals surface area contributed by atoms with Crippen LogP contribution in [0.3, 0.4) is 0 Å². The van der Waals surface area contributed by atoms with Crippen LogP contribution in [0.4, 0.5) is 0 Å². The number of aryl methyl sites for hydroxylation is 1. The third-order valence-electron chi connectivity index (χ3n) is 2.68. The molecule has 0 amide bonds. The summed E-state index contributed by atoms with van der Waals surface area (Å²) in [6.07, 6.45) is 0.998. The Bertz CT molecular complexity index is 521. The molecule has 0 aliphatic heterocycles. The molecule has 84 valence electrons. The maximum atomic E-state index is 4.67. The molecule has 2 rings (SSSR count). The van der Waals surface area contributed by atoms with Gasteiger partial charge in [0.2, 0.25) is 0 Å². The highest BCUT2D eigenvalue weighted by Crippen LogP contribution is 2.25. The molecule has 0 unspecified atom stereocenters. The van der Waals surface area contributed by atoms with Crippen LogP contribution >= 0.6 is 15.9 Å². The minimum Gasteiger partial charge on any atom is -0.232 e. The van der Waals surface area contributed by atoms with Crippen molar-refractivity contribution in [3.63, 3.8) is 0 Å². The highest BCUT2D eigenvalue weighted by molar-refractivity contribution is 9.10. The Balaban J connectivity index is 2.77. The lowest BCUT2D eigenvalue weighted by Crippen LogP contribution is -2.00. The van der Waals surface area contributed by atoms with Crippen molar-refractivity contribution in [3.05, 3.63) is 34.2 Å². The molecule has 0 fully saturated rings. The molecule has 0 saturated carbocycles. The molecule has 1 heterocycles. The first-order valence-electron chi connectivity index (χ1n) is 5.58. The summed E-state index contributed by atoms with van der Waals surface area (Å²) in [5, 5.41) is 1.10. The molecule has 0 aliphatic rings. The van der Waals surface area contributed by atoms with Crippen LogP contribution in [0.5, 0.6) is 0 Å². The Kier molecular flexibility index (Phi) is 3.24. The van der Waals surface area contributed by atoms with Gasteiger partial charge in [0.05, 0.1) is 5.52 Å². The van der Waals surface area contributed by atoms with E-state index in [1.54, 1.807) is 0 Å². The summed E-state index contributed by atoms with van der Waals surface area (Å²) in [5.74, 6) is 1.26. The predicted molar refractivity (Wildman–Crippen MR) is 70.7 cm³/mol. The summed E-state index contributed by atoms with van der Waals surface area (Å²) in [5.41, 5.74) is 2.36. The minimum atomic E-state index is 0.352. The molecule has 3 heteroatoms. The van der Waals surface area contributed by atoms with Gasteiger partial charge in [-0.15, -0.1) is 0 Å². The molecule has 0 aliphatic carbocycles. The fraction of sp³-hybridized carbons (Fsp3) is 0.385. The number of nitrogens with zero attached hydrogens (tertiary/aromatic N) is 2. The van der Waals surface area contributed by atoms with E-state index in [4.69, 9.17) is 0 Å². The van der Waals surface area contributed by atoms with Gasteiger partial charge in [0.15, 0.2) is 0 Å². The fourth-order valence-electron chi connectivity index (χ4n) is 1.73. The zero-order valence-electron chi connectivity index (χ0n) is 9.79. The lowest BCUT2D eigenvalue weighted by atomic mass is 10.1. The van der Waals surface area contributed by atoms with Crippen molar-refractivity contribution in [2.75, 3.05) is 0 Å². The lowest BCUT2D eigenvalue weighted by Gasteiger charge is -2.09. The quantitative estimate of drug-likeness (QED) is 0.774. The van der Waals surface area contributed by atoms with Crippen LogP contribution in [0.25, 0.3) is 10.9 Å². The van der Waals surface area contributed by atoms with Crippen LogP contribution in [0.1, 0.15) is 38.1 Å². The maximum absolute atomic E-state index is 4.67. The normalized spacial score (nSPS) is 11.3. The van der Waals surface area contributed by atoms with Crippen molar-refractivity contribution in [1.82, 2.24) is 9.97 Å². The zero-order valence-corrected chi connectivity index (χ0v) is 11.4. The molecule has 1 aromatic heterocycles. The maximum Gasteiger partial charge on any atom is 0.132 e. The zero-order chi connectivity index (χ0) is 11.7. The number of aromatic nitrogens is 2. The fourth-order valence-corrected chi connectivity index (χ4v) is 2.24. The predicted octanol–water partition coefficient (Wildman–Crippen LogP) is 4.08. The number of hydrogen-bond donors (Lipinski definition) is 0. The van der Waals surface area contributed by atoms with Crippen molar-refractivity contribution in [2.45, 2.75) is 33.1 Å². The first-order valence-corrected chi connectivity index (χ1v) is 6.37. The van der Waals surface area contributed by atoms with E-state index in [0.717, 1.165) is 27.8 Å². The second kappa shape index (κ2) is 4.50. The van der Waals surface area contributed by atoms with Gasteiger partial charge in [-0.1, -0.05) is 39.0 Å². The van der Waals surface area contributed by atoms with Crippen LogP contribution in [0.15, 0.2) is 22.8 Å². The minimum absolute atomic E-state index is 0.352. The number of benzene rings is 1. The molecule has 0 saturated heterocycles. The van der Waals surface area contributed by atoms with Gasteiger partial charge in [-0.2, -0.15) is 0 Å². The molecule has 0 N–H and O–H groups in total. The number of para-hydroxylation sites is 1. The Morgan fingerprint density at radius 2 is 2.00 bits per heavy atom. The summed E-state index contributed by atoms with van der Waals surface area (Å²) < 4.78 is 0.900. The summed E-state index contributed by atoms with van der Waals surface area (Å²) >= 11 is 3.53. The van der Waals surface area contributed by atoms with Crippen molar-refractivity contribution in [2.24, 2.45) is 0 Å². The van der Waals surface area contributed by atoms with E-state index in [-0.39, 0.29) is 0 Å². The van der Waals surface area contributed by atoms with Crippen molar-refractivity contribution in [3.8, 4) is 0 Å². The van der Waals surface area contributed by atoms with Crippen molar-refractivity contribution < 1.29 is 0 Å². The molecule has 1 aromatic carbocycles. The van der Waals surface area contributed by atoms with E-state index in [1.165, 1.54) is 5.56 Å². The largest absolute Gasteiger partial charge is 0.232 e. The molecule has 0 spiro atoms. The van der Waals surface area contributed by atoms with Gasteiger partial charge in [0.25, 0.3) is 0 Å². The van der Waals surface area contributed by atoms with Gasteiger partial charge in [0, 0.05) is 11.3 Å². The van der Waals surface area contributed by atoms with E-state index in [0.29, 0.717) is 5.92 Å². The van der Waals surface area contributed by atoms with Crippen molar-refractivity contribution >= 4 is 26.8 Å². The Hall–Kier alpha value is -0.960. The smallest absolute Gasteiger partial charge is 0.132 e. The summed E-state index contributed by atoms with van der Waals surface area (Å²) in [4.78, 5) is 9.15. The molecule has 2 aromatic rings. The summed E-state index contributed by atoms with van der Waals surface area (Å²) in [6, 6.07) is 6.25. The average molecular weight is 279 g/mol. The van der Waals surface area contributed by atoms with E-state index >= 15 is 0 Å². The van der Waals surface area contributed by atoms with Crippen LogP contribution in [-0.2, 0) is 6.42 Å². The van der Waals surface area contributed by atoms with Crippen molar-refractivity contribution in [1.29, 1.82) is 0 Å². The van der Waals surface area contributed by atoms with E-state index < -0.39 is 0 Å². The standard InChI is InChI=1S/C13H15BrN2/c1-4-9-6-5-7-10-11(9)15-13(8(2)3)16-12(10)14/h5-8H,4H2,1-3H3. The molecule has 0 radical (unpaired) electrons. The first-order chi connectivity index (χ1) is 7.63. The molecular weight excluding hydrogens is 264 g/mol. The van der Waals surface area contributed by atoms with Gasteiger partial charge in [0.1, 0.15) is 10.4 Å². The van der Waals surface area contributed by atoms with E-state index in [2.05, 4.69) is 64.9 Å². The molecule has 16 heavy (non-hydrogen) atoms. The Labute approximate surface area is 104 Å². The number of rotatable bonds is 2. The van der Waals surface area contributed by atoms with Crippen LogP contribution in [0.2, 0.25) is 0 Å². The first kappa shape index (κ1) is 11.5. The highest BCUT2D eigenvalue weighted by atomic mass is 79.9. The van der Waals surface area contributed by atoms with Gasteiger partial charge in [-0.05, 0) is 27.9 Å². The van der Waals surface area contributed by atoms with Crippen LogP contribution < -0.4 is 0 Å². The van der Waals surface area contributed by atoms with E-state index in [1.807, 2.05) is 0 Å².